The molecule has 1 aliphatic heterocycles. The minimum atomic E-state index is -0.620. The maximum absolute atomic E-state index is 12.6. The van der Waals surface area contributed by atoms with Gasteiger partial charge < -0.3 is 5.11 Å². The maximum atomic E-state index is 12.6. The van der Waals surface area contributed by atoms with Gasteiger partial charge in [0, 0.05) is 27.7 Å². The van der Waals surface area contributed by atoms with E-state index in [9.17, 15) is 24.8 Å². The van der Waals surface area contributed by atoms with E-state index in [0.29, 0.717) is 27.4 Å². The number of aromatic hydroxyl groups is 1. The van der Waals surface area contributed by atoms with E-state index >= 15 is 0 Å². The van der Waals surface area contributed by atoms with E-state index in [1.54, 1.807) is 12.1 Å². The van der Waals surface area contributed by atoms with Gasteiger partial charge in [-0.2, -0.15) is 0 Å². The molecule has 27 heavy (non-hydrogen) atoms. The van der Waals surface area contributed by atoms with E-state index in [1.165, 1.54) is 12.1 Å². The summed E-state index contributed by atoms with van der Waals surface area (Å²) in [5.41, 5.74) is 0.369. The van der Waals surface area contributed by atoms with Crippen molar-refractivity contribution in [3.8, 4) is 5.75 Å². The molecule has 7 nitrogen and oxygen atoms in total. The quantitative estimate of drug-likeness (QED) is 0.427. The lowest BCUT2D eigenvalue weighted by Gasteiger charge is -2.13. The summed E-state index contributed by atoms with van der Waals surface area (Å²) in [5.74, 6) is -0.824. The molecule has 1 N–H and O–H groups in total. The van der Waals surface area contributed by atoms with Gasteiger partial charge in [0.1, 0.15) is 5.75 Å². The van der Waals surface area contributed by atoms with E-state index in [0.717, 1.165) is 23.1 Å². The van der Waals surface area contributed by atoms with Crippen LogP contribution < -0.4 is 0 Å². The molecule has 0 bridgehead atoms. The van der Waals surface area contributed by atoms with Crippen LogP contribution in [0, 0.1) is 10.1 Å². The van der Waals surface area contributed by atoms with Crippen LogP contribution in [0.3, 0.4) is 0 Å². The number of thioether (sulfide) groups is 1. The number of nitro benzene ring substituents is 1. The van der Waals surface area contributed by atoms with Crippen LogP contribution in [-0.4, -0.2) is 26.1 Å². The third-order valence-electron chi connectivity index (χ3n) is 3.73. The van der Waals surface area contributed by atoms with Gasteiger partial charge in [-0.1, -0.05) is 29.3 Å². The van der Waals surface area contributed by atoms with Gasteiger partial charge in [-0.15, -0.1) is 0 Å². The second kappa shape index (κ2) is 7.59. The highest BCUT2D eigenvalue weighted by Crippen LogP contribution is 2.36. The van der Waals surface area contributed by atoms with Crippen molar-refractivity contribution >= 4 is 57.9 Å². The van der Waals surface area contributed by atoms with Crippen molar-refractivity contribution < 1.29 is 19.6 Å². The molecule has 2 aromatic rings. The van der Waals surface area contributed by atoms with Gasteiger partial charge in [0.2, 0.25) is 0 Å². The number of hydrogen-bond acceptors (Lipinski definition) is 6. The van der Waals surface area contributed by atoms with Crippen LogP contribution >= 0.6 is 35.0 Å². The van der Waals surface area contributed by atoms with E-state index in [1.807, 2.05) is 0 Å². The fraction of sp³-hybridized carbons (Fsp3) is 0.0588. The Balaban J connectivity index is 1.89. The molecule has 0 aliphatic carbocycles. The molecule has 1 aliphatic rings. The molecular formula is C17H10Cl2N2O5S. The summed E-state index contributed by atoms with van der Waals surface area (Å²) in [7, 11) is 0. The van der Waals surface area contributed by atoms with Gasteiger partial charge in [-0.05, 0) is 41.6 Å². The number of phenols is 1. The number of hydrogen-bond donors (Lipinski definition) is 1. The number of imide groups is 1. The SMILES string of the molecule is O=C1S/C(=C\c2cc([N+](=O)[O-])ccc2O)C(=O)N1Cc1ccc(Cl)cc1Cl. The Morgan fingerprint density at radius 2 is 1.93 bits per heavy atom. The summed E-state index contributed by atoms with van der Waals surface area (Å²) in [6, 6.07) is 8.14. The smallest absolute Gasteiger partial charge is 0.293 e. The third kappa shape index (κ3) is 4.08. The van der Waals surface area contributed by atoms with E-state index < -0.39 is 16.1 Å². The standard InChI is InChI=1S/C17H10Cl2N2O5S/c18-11-2-1-9(13(19)7-11)8-20-16(23)15(27-17(20)24)6-10-5-12(21(25)26)3-4-14(10)22/h1-7,22H,8H2/b15-6-. The summed E-state index contributed by atoms with van der Waals surface area (Å²) in [6.45, 7) is -0.0427. The lowest BCUT2D eigenvalue weighted by atomic mass is 10.1. The van der Waals surface area contributed by atoms with E-state index in [2.05, 4.69) is 0 Å². The van der Waals surface area contributed by atoms with Crippen molar-refractivity contribution in [3.63, 3.8) is 0 Å². The number of carbonyl (C=O) groups is 2. The number of phenolic OH excluding ortho intramolecular Hbond substituents is 1. The first kappa shape index (κ1) is 19.2. The summed E-state index contributed by atoms with van der Waals surface area (Å²) in [5, 5.41) is 21.0. The number of non-ortho nitro benzene ring substituents is 1. The molecule has 0 saturated carbocycles. The lowest BCUT2D eigenvalue weighted by molar-refractivity contribution is -0.384. The molecule has 0 aromatic heterocycles. The number of amides is 2. The van der Waals surface area contributed by atoms with Crippen molar-refractivity contribution in [1.82, 2.24) is 4.90 Å². The summed E-state index contributed by atoms with van der Waals surface area (Å²) in [6.07, 6.45) is 1.25. The zero-order valence-electron chi connectivity index (χ0n) is 13.4. The van der Waals surface area contributed by atoms with Gasteiger partial charge in [0.05, 0.1) is 16.4 Å². The molecule has 1 heterocycles. The first-order valence-electron chi connectivity index (χ1n) is 7.43. The second-order valence-corrected chi connectivity index (χ2v) is 7.34. The Hall–Kier alpha value is -2.55. The number of nitrogens with zero attached hydrogens (tertiary/aromatic N) is 2. The molecule has 138 valence electrons. The highest BCUT2D eigenvalue weighted by molar-refractivity contribution is 8.18. The summed E-state index contributed by atoms with van der Waals surface area (Å²) in [4.78, 5) is 36.1. The van der Waals surface area contributed by atoms with Gasteiger partial charge in [-0.25, -0.2) is 0 Å². The molecule has 1 fully saturated rings. The zero-order valence-corrected chi connectivity index (χ0v) is 15.7. The van der Waals surface area contributed by atoms with E-state index in [4.69, 9.17) is 23.2 Å². The number of nitro groups is 1. The lowest BCUT2D eigenvalue weighted by Crippen LogP contribution is -2.27. The Kier molecular flexibility index (Phi) is 5.41. The average molecular weight is 425 g/mol. The Morgan fingerprint density at radius 1 is 1.19 bits per heavy atom. The van der Waals surface area contributed by atoms with Gasteiger partial charge >= 0.3 is 0 Å². The van der Waals surface area contributed by atoms with Crippen molar-refractivity contribution in [2.75, 3.05) is 0 Å². The van der Waals surface area contributed by atoms with Crippen LogP contribution in [-0.2, 0) is 11.3 Å². The Labute approximate surface area is 167 Å². The molecule has 2 aromatic carbocycles. The molecule has 10 heteroatoms. The van der Waals surface area contributed by atoms with Crippen LogP contribution in [0.2, 0.25) is 10.0 Å². The van der Waals surface area contributed by atoms with E-state index in [-0.39, 0.29) is 28.5 Å². The van der Waals surface area contributed by atoms with Crippen LogP contribution in [0.4, 0.5) is 10.5 Å². The first-order valence-corrected chi connectivity index (χ1v) is 9.00. The van der Waals surface area contributed by atoms with Crippen molar-refractivity contribution in [2.24, 2.45) is 0 Å². The number of benzene rings is 2. The third-order valence-corrected chi connectivity index (χ3v) is 5.22. The predicted molar refractivity (Wildman–Crippen MR) is 103 cm³/mol. The summed E-state index contributed by atoms with van der Waals surface area (Å²) < 4.78 is 0. The van der Waals surface area contributed by atoms with Crippen molar-refractivity contribution in [1.29, 1.82) is 0 Å². The van der Waals surface area contributed by atoms with Crippen molar-refractivity contribution in [3.05, 3.63) is 72.6 Å². The molecule has 2 amide bonds. The fourth-order valence-electron chi connectivity index (χ4n) is 2.37. The molecule has 1 saturated heterocycles. The normalized spacial score (nSPS) is 15.6. The minimum Gasteiger partial charge on any atom is -0.507 e. The maximum Gasteiger partial charge on any atom is 0.293 e. The minimum absolute atomic E-state index is 0.0425. The first-order chi connectivity index (χ1) is 12.8. The zero-order chi connectivity index (χ0) is 19.7. The van der Waals surface area contributed by atoms with Crippen molar-refractivity contribution in [2.45, 2.75) is 6.54 Å². The molecule has 0 unspecified atom stereocenters. The topological polar surface area (TPSA) is 101 Å². The molecular weight excluding hydrogens is 415 g/mol. The van der Waals surface area contributed by atoms with Crippen LogP contribution in [0.15, 0.2) is 41.3 Å². The highest BCUT2D eigenvalue weighted by atomic mass is 35.5. The van der Waals surface area contributed by atoms with Crippen LogP contribution in [0.25, 0.3) is 6.08 Å². The van der Waals surface area contributed by atoms with Crippen LogP contribution in [0.1, 0.15) is 11.1 Å². The van der Waals surface area contributed by atoms with Gasteiger partial charge in [0.15, 0.2) is 0 Å². The number of rotatable bonds is 4. The molecule has 0 radical (unpaired) electrons. The Morgan fingerprint density at radius 3 is 2.59 bits per heavy atom. The summed E-state index contributed by atoms with van der Waals surface area (Å²) >= 11 is 12.6. The highest BCUT2D eigenvalue weighted by Gasteiger charge is 2.35. The Bertz CT molecular complexity index is 1010. The number of carbonyl (C=O) groups excluding carboxylic acids is 2. The molecule has 0 spiro atoms. The number of halogens is 2. The molecule has 3 rings (SSSR count). The van der Waals surface area contributed by atoms with Crippen LogP contribution in [0.5, 0.6) is 5.75 Å². The molecule has 0 atom stereocenters. The largest absolute Gasteiger partial charge is 0.507 e. The average Bonchev–Trinajstić information content (AvgIpc) is 2.86. The fourth-order valence-corrected chi connectivity index (χ4v) is 3.67. The monoisotopic (exact) mass is 424 g/mol. The predicted octanol–water partition coefficient (Wildman–Crippen LogP) is 4.84. The van der Waals surface area contributed by atoms with Gasteiger partial charge in [0.25, 0.3) is 16.8 Å². The second-order valence-electron chi connectivity index (χ2n) is 5.50. The van der Waals surface area contributed by atoms with Gasteiger partial charge in [-0.3, -0.25) is 24.6 Å².